The van der Waals surface area contributed by atoms with E-state index in [1.54, 1.807) is 6.92 Å². The predicted molar refractivity (Wildman–Crippen MR) is 71.6 cm³/mol. The quantitative estimate of drug-likeness (QED) is 0.334. The Morgan fingerprint density at radius 1 is 1.21 bits per heavy atom. The molecular formula is C8H15O8PS2. The highest BCUT2D eigenvalue weighted by molar-refractivity contribution is 7.96. The van der Waals surface area contributed by atoms with E-state index < -0.39 is 31.1 Å². The summed E-state index contributed by atoms with van der Waals surface area (Å²) in [6.07, 6.45) is -0.563. The van der Waals surface area contributed by atoms with Gasteiger partial charge in [0.2, 0.25) is 0 Å². The summed E-state index contributed by atoms with van der Waals surface area (Å²) in [6, 6.07) is 0. The Bertz CT molecular complexity index is 350. The zero-order chi connectivity index (χ0) is 14.9. The van der Waals surface area contributed by atoms with Crippen LogP contribution >= 0.6 is 33.1 Å². The molecule has 0 bridgehead atoms. The first-order valence-electron chi connectivity index (χ1n) is 5.14. The van der Waals surface area contributed by atoms with Crippen molar-refractivity contribution in [2.24, 2.45) is 0 Å². The zero-order valence-electron chi connectivity index (χ0n) is 10.1. The highest BCUT2D eigenvalue weighted by atomic mass is 32.1. The van der Waals surface area contributed by atoms with E-state index in [1.807, 2.05) is 0 Å². The topological polar surface area (TPSA) is 108 Å². The lowest BCUT2D eigenvalue weighted by atomic mass is 10.4. The van der Waals surface area contributed by atoms with Gasteiger partial charge in [-0.25, -0.2) is 14.2 Å². The smallest absolute Gasteiger partial charge is 0.454 e. The zero-order valence-corrected chi connectivity index (χ0v) is 12.7. The molecule has 2 atom stereocenters. The molecule has 2 unspecified atom stereocenters. The molecule has 11 heteroatoms. The van der Waals surface area contributed by atoms with Crippen LogP contribution in [0, 0.1) is 0 Å². The van der Waals surface area contributed by atoms with E-state index in [4.69, 9.17) is 0 Å². The molecule has 0 aliphatic carbocycles. The molecule has 0 aromatic rings. The summed E-state index contributed by atoms with van der Waals surface area (Å²) in [5.74, 6) is 0. The molecule has 112 valence electrons. The Morgan fingerprint density at radius 3 is 2.32 bits per heavy atom. The largest absolute Gasteiger partial charge is 0.472 e. The maximum atomic E-state index is 11.3. The summed E-state index contributed by atoms with van der Waals surface area (Å²) in [5, 5.41) is -1.85. The number of ether oxygens (including phenoxy) is 2. The number of phosphoric ester groups is 1. The second kappa shape index (κ2) is 9.62. The standard InChI is InChI=1S/C8H15O8PS2/c1-2-3-14-17(11,12)15-5-6(16-8(10)19)4-13-7(9)18/h6H,2-5H2,1H3,(H,9,18)(H,10,19)(H,11,12). The minimum atomic E-state index is -4.23. The minimum absolute atomic E-state index is 0.0381. The van der Waals surface area contributed by atoms with Gasteiger partial charge < -0.3 is 14.4 Å². The van der Waals surface area contributed by atoms with Gasteiger partial charge in [0.15, 0.2) is 6.10 Å². The summed E-state index contributed by atoms with van der Waals surface area (Å²) in [4.78, 5) is 30.4. The fourth-order valence-corrected chi connectivity index (χ4v) is 1.91. The number of hydrogen-bond donors (Lipinski definition) is 3. The SMILES string of the molecule is CCCOP(=O)(O)OCC(COC(=O)S)OC(=O)S. The Kier molecular flexibility index (Phi) is 9.50. The van der Waals surface area contributed by atoms with Crippen molar-refractivity contribution in [2.75, 3.05) is 19.8 Å². The van der Waals surface area contributed by atoms with Crippen LogP contribution in [0.1, 0.15) is 13.3 Å². The van der Waals surface area contributed by atoms with Crippen LogP contribution in [0.5, 0.6) is 0 Å². The van der Waals surface area contributed by atoms with Gasteiger partial charge >= 0.3 is 18.4 Å². The van der Waals surface area contributed by atoms with Gasteiger partial charge in [0, 0.05) is 0 Å². The number of thiol groups is 2. The first-order valence-corrected chi connectivity index (χ1v) is 7.53. The molecule has 1 N–H and O–H groups in total. The molecule has 0 spiro atoms. The Hall–Kier alpha value is -0.250. The van der Waals surface area contributed by atoms with Crippen LogP contribution in [0.2, 0.25) is 0 Å². The highest BCUT2D eigenvalue weighted by Gasteiger charge is 2.25. The molecule has 0 aliphatic heterocycles. The van der Waals surface area contributed by atoms with Crippen molar-refractivity contribution >= 4 is 43.7 Å². The van der Waals surface area contributed by atoms with Gasteiger partial charge in [-0.15, -0.1) is 0 Å². The second-order valence-corrected chi connectivity index (χ2v) is 5.36. The lowest BCUT2D eigenvalue weighted by Gasteiger charge is -2.18. The summed E-state index contributed by atoms with van der Waals surface area (Å²) in [6.45, 7) is 0.904. The molecule has 19 heavy (non-hydrogen) atoms. The molecule has 0 saturated carbocycles. The van der Waals surface area contributed by atoms with Crippen LogP contribution in [0.25, 0.3) is 0 Å². The van der Waals surface area contributed by atoms with Crippen molar-refractivity contribution in [3.8, 4) is 0 Å². The summed E-state index contributed by atoms with van der Waals surface area (Å²) >= 11 is 6.71. The van der Waals surface area contributed by atoms with Crippen molar-refractivity contribution < 1.29 is 37.6 Å². The lowest BCUT2D eigenvalue weighted by molar-refractivity contribution is 0.0257. The monoisotopic (exact) mass is 334 g/mol. The summed E-state index contributed by atoms with van der Waals surface area (Å²) in [5.41, 5.74) is 0. The Morgan fingerprint density at radius 2 is 1.84 bits per heavy atom. The van der Waals surface area contributed by atoms with Crippen molar-refractivity contribution in [3.63, 3.8) is 0 Å². The van der Waals surface area contributed by atoms with Gasteiger partial charge in [-0.05, 0) is 6.42 Å². The summed E-state index contributed by atoms with van der Waals surface area (Å²) < 4.78 is 29.6. The van der Waals surface area contributed by atoms with Gasteiger partial charge in [0.1, 0.15) is 6.61 Å². The van der Waals surface area contributed by atoms with Crippen molar-refractivity contribution in [2.45, 2.75) is 19.4 Å². The van der Waals surface area contributed by atoms with E-state index >= 15 is 0 Å². The van der Waals surface area contributed by atoms with Gasteiger partial charge in [-0.1, -0.05) is 32.2 Å². The van der Waals surface area contributed by atoms with E-state index in [9.17, 15) is 19.0 Å². The van der Waals surface area contributed by atoms with E-state index in [1.165, 1.54) is 0 Å². The summed E-state index contributed by atoms with van der Waals surface area (Å²) in [7, 11) is -4.23. The minimum Gasteiger partial charge on any atom is -0.454 e. The number of hydrogen-bond acceptors (Lipinski definition) is 7. The molecule has 0 rings (SSSR count). The maximum absolute atomic E-state index is 11.3. The molecular weight excluding hydrogens is 319 g/mol. The van der Waals surface area contributed by atoms with Gasteiger partial charge in [0.05, 0.1) is 13.2 Å². The van der Waals surface area contributed by atoms with E-state index in [0.29, 0.717) is 6.42 Å². The van der Waals surface area contributed by atoms with Gasteiger partial charge in [-0.2, -0.15) is 0 Å². The molecule has 0 amide bonds. The van der Waals surface area contributed by atoms with Crippen molar-refractivity contribution in [1.29, 1.82) is 0 Å². The third-order valence-electron chi connectivity index (χ3n) is 1.54. The van der Waals surface area contributed by atoms with Crippen LogP contribution in [0.4, 0.5) is 9.59 Å². The lowest BCUT2D eigenvalue weighted by Crippen LogP contribution is -2.27. The molecule has 0 aromatic heterocycles. The highest BCUT2D eigenvalue weighted by Crippen LogP contribution is 2.43. The van der Waals surface area contributed by atoms with Gasteiger partial charge in [-0.3, -0.25) is 9.05 Å². The second-order valence-electron chi connectivity index (χ2n) is 3.18. The third kappa shape index (κ3) is 11.3. The molecule has 0 saturated heterocycles. The van der Waals surface area contributed by atoms with Crippen LogP contribution in [0.3, 0.4) is 0 Å². The van der Waals surface area contributed by atoms with Crippen molar-refractivity contribution in [3.05, 3.63) is 0 Å². The first-order chi connectivity index (χ1) is 8.76. The Balaban J connectivity index is 4.26. The molecule has 0 aliphatic rings. The number of carbonyl (C=O) groups excluding carboxylic acids is 2. The molecule has 0 heterocycles. The Labute approximate surface area is 121 Å². The fourth-order valence-electron chi connectivity index (χ4n) is 0.844. The van der Waals surface area contributed by atoms with E-state index in [0.717, 1.165) is 0 Å². The molecule has 0 aromatic carbocycles. The number of phosphoric acid groups is 1. The van der Waals surface area contributed by atoms with Crippen LogP contribution in [-0.2, 0) is 23.1 Å². The molecule has 0 fully saturated rings. The maximum Gasteiger partial charge on any atom is 0.472 e. The van der Waals surface area contributed by atoms with Crippen LogP contribution in [0.15, 0.2) is 0 Å². The predicted octanol–water partition coefficient (Wildman–Crippen LogP) is 2.03. The fraction of sp³-hybridized carbons (Fsp3) is 0.750. The average Bonchev–Trinajstić information content (AvgIpc) is 2.29. The van der Waals surface area contributed by atoms with E-state index in [-0.39, 0.29) is 13.2 Å². The number of carbonyl (C=O) groups is 2. The van der Waals surface area contributed by atoms with Crippen molar-refractivity contribution in [1.82, 2.24) is 0 Å². The third-order valence-corrected chi connectivity index (χ3v) is 2.76. The first kappa shape index (κ1) is 18.8. The van der Waals surface area contributed by atoms with E-state index in [2.05, 4.69) is 43.8 Å². The average molecular weight is 334 g/mol. The van der Waals surface area contributed by atoms with Crippen LogP contribution < -0.4 is 0 Å². The van der Waals surface area contributed by atoms with Gasteiger partial charge in [0.25, 0.3) is 0 Å². The van der Waals surface area contributed by atoms with Crippen LogP contribution in [-0.4, -0.2) is 41.4 Å². The molecule has 8 nitrogen and oxygen atoms in total. The normalized spacial score (nSPS) is 15.4. The number of rotatable bonds is 9. The molecule has 0 radical (unpaired) electrons.